The van der Waals surface area contributed by atoms with Gasteiger partial charge >= 0.3 is 0 Å². The summed E-state index contributed by atoms with van der Waals surface area (Å²) in [6, 6.07) is 2.03. The zero-order valence-electron chi connectivity index (χ0n) is 9.22. The Bertz CT molecular complexity index is 425. The van der Waals surface area contributed by atoms with Crippen LogP contribution in [0.15, 0.2) is 12.1 Å². The first-order chi connectivity index (χ1) is 8.00. The number of hydrogen-bond donors (Lipinski definition) is 0. The predicted octanol–water partition coefficient (Wildman–Crippen LogP) is 4.32. The minimum Gasteiger partial charge on any atom is -0.378 e. The molecular formula is C12H12Cl2F2O. The van der Waals surface area contributed by atoms with Crippen LogP contribution in [-0.2, 0) is 4.74 Å². The highest BCUT2D eigenvalue weighted by Gasteiger charge is 2.33. The van der Waals surface area contributed by atoms with Crippen molar-refractivity contribution in [2.75, 3.05) is 6.61 Å². The standard InChI is InChI=1S/C12H12Cl2F2O/c1-6-7(2-3-17-6)12(14)8-4-10(15)11(16)5-9(8)13/h4-7,12H,2-3H2,1H3. The van der Waals surface area contributed by atoms with E-state index in [1.54, 1.807) is 0 Å². The highest BCUT2D eigenvalue weighted by Crippen LogP contribution is 2.41. The van der Waals surface area contributed by atoms with Crippen molar-refractivity contribution in [3.8, 4) is 0 Å². The third kappa shape index (κ3) is 2.56. The van der Waals surface area contributed by atoms with Gasteiger partial charge in [0.1, 0.15) is 0 Å². The van der Waals surface area contributed by atoms with Crippen LogP contribution in [0.4, 0.5) is 8.78 Å². The van der Waals surface area contributed by atoms with Crippen molar-refractivity contribution in [1.82, 2.24) is 0 Å². The molecule has 5 heteroatoms. The average molecular weight is 281 g/mol. The van der Waals surface area contributed by atoms with E-state index in [0.29, 0.717) is 12.2 Å². The topological polar surface area (TPSA) is 9.23 Å². The van der Waals surface area contributed by atoms with E-state index in [1.165, 1.54) is 0 Å². The van der Waals surface area contributed by atoms with E-state index in [9.17, 15) is 8.78 Å². The third-order valence-electron chi connectivity index (χ3n) is 3.15. The molecule has 1 aliphatic heterocycles. The first-order valence-corrected chi connectivity index (χ1v) is 6.22. The first-order valence-electron chi connectivity index (χ1n) is 5.41. The lowest BCUT2D eigenvalue weighted by Gasteiger charge is -2.21. The summed E-state index contributed by atoms with van der Waals surface area (Å²) < 4.78 is 31.5. The van der Waals surface area contributed by atoms with Gasteiger partial charge in [0.05, 0.1) is 11.5 Å². The zero-order chi connectivity index (χ0) is 12.6. The lowest BCUT2D eigenvalue weighted by Crippen LogP contribution is -2.17. The smallest absolute Gasteiger partial charge is 0.160 e. The van der Waals surface area contributed by atoms with Gasteiger partial charge in [0.15, 0.2) is 11.6 Å². The molecule has 0 amide bonds. The maximum Gasteiger partial charge on any atom is 0.160 e. The second kappa shape index (κ2) is 5.09. The van der Waals surface area contributed by atoms with Gasteiger partial charge in [0.25, 0.3) is 0 Å². The molecule has 3 unspecified atom stereocenters. The van der Waals surface area contributed by atoms with Crippen molar-refractivity contribution in [3.05, 3.63) is 34.4 Å². The van der Waals surface area contributed by atoms with Gasteiger partial charge in [-0.2, -0.15) is 0 Å². The Morgan fingerprint density at radius 1 is 1.35 bits per heavy atom. The van der Waals surface area contributed by atoms with Gasteiger partial charge in [-0.3, -0.25) is 0 Å². The number of halogens is 4. The van der Waals surface area contributed by atoms with Gasteiger partial charge in [-0.25, -0.2) is 8.78 Å². The van der Waals surface area contributed by atoms with Crippen molar-refractivity contribution in [1.29, 1.82) is 0 Å². The van der Waals surface area contributed by atoms with Gasteiger partial charge in [-0.15, -0.1) is 11.6 Å². The summed E-state index contributed by atoms with van der Waals surface area (Å²) in [6.07, 6.45) is 0.798. The van der Waals surface area contributed by atoms with Crippen molar-refractivity contribution < 1.29 is 13.5 Å². The van der Waals surface area contributed by atoms with Gasteiger partial charge in [0, 0.05) is 17.5 Å². The summed E-state index contributed by atoms with van der Waals surface area (Å²) in [4.78, 5) is 0. The van der Waals surface area contributed by atoms with Crippen LogP contribution < -0.4 is 0 Å². The van der Waals surface area contributed by atoms with Crippen LogP contribution in [0.5, 0.6) is 0 Å². The Balaban J connectivity index is 2.30. The highest BCUT2D eigenvalue weighted by molar-refractivity contribution is 6.32. The molecule has 1 aromatic rings. The molecule has 1 aliphatic rings. The zero-order valence-corrected chi connectivity index (χ0v) is 10.7. The van der Waals surface area contributed by atoms with E-state index in [1.807, 2.05) is 6.92 Å². The minimum absolute atomic E-state index is 0.00156. The number of hydrogen-bond acceptors (Lipinski definition) is 1. The summed E-state index contributed by atoms with van der Waals surface area (Å²) in [6.45, 7) is 2.55. The molecule has 94 valence electrons. The SMILES string of the molecule is CC1OCCC1C(Cl)c1cc(F)c(F)cc1Cl. The van der Waals surface area contributed by atoms with Crippen LogP contribution in [0, 0.1) is 17.6 Å². The Kier molecular flexibility index (Phi) is 3.91. The Labute approximate surface area is 109 Å². The van der Waals surface area contributed by atoms with E-state index in [-0.39, 0.29) is 17.0 Å². The second-order valence-corrected chi connectivity index (χ2v) is 5.10. The summed E-state index contributed by atoms with van der Waals surface area (Å²) in [5, 5.41) is -0.307. The Hall–Kier alpha value is -0.380. The van der Waals surface area contributed by atoms with Gasteiger partial charge in [-0.05, 0) is 31.0 Å². The van der Waals surface area contributed by atoms with Crippen LogP contribution in [-0.4, -0.2) is 12.7 Å². The molecule has 1 saturated heterocycles. The molecule has 0 spiro atoms. The Morgan fingerprint density at radius 2 is 2.00 bits per heavy atom. The van der Waals surface area contributed by atoms with E-state index < -0.39 is 17.0 Å². The third-order valence-corrected chi connectivity index (χ3v) is 4.03. The number of alkyl halides is 1. The normalized spacial score (nSPS) is 26.2. The monoisotopic (exact) mass is 280 g/mol. The number of rotatable bonds is 2. The van der Waals surface area contributed by atoms with Crippen molar-refractivity contribution in [2.45, 2.75) is 24.8 Å². The maximum atomic E-state index is 13.2. The lowest BCUT2D eigenvalue weighted by molar-refractivity contribution is 0.105. The summed E-state index contributed by atoms with van der Waals surface area (Å²) in [5.74, 6) is -1.82. The molecule has 1 nitrogen and oxygen atoms in total. The summed E-state index contributed by atoms with van der Waals surface area (Å²) >= 11 is 12.2. The number of benzene rings is 1. The van der Waals surface area contributed by atoms with Crippen LogP contribution in [0.2, 0.25) is 5.02 Å². The molecule has 0 radical (unpaired) electrons. The van der Waals surface area contributed by atoms with E-state index in [4.69, 9.17) is 27.9 Å². The second-order valence-electron chi connectivity index (χ2n) is 4.22. The van der Waals surface area contributed by atoms with E-state index >= 15 is 0 Å². The largest absolute Gasteiger partial charge is 0.378 e. The molecule has 2 rings (SSSR count). The molecule has 0 saturated carbocycles. The van der Waals surface area contributed by atoms with Gasteiger partial charge in [-0.1, -0.05) is 11.6 Å². The molecular weight excluding hydrogens is 269 g/mol. The molecule has 1 fully saturated rings. The molecule has 1 heterocycles. The van der Waals surface area contributed by atoms with Crippen LogP contribution in [0.25, 0.3) is 0 Å². The quantitative estimate of drug-likeness (QED) is 0.579. The van der Waals surface area contributed by atoms with E-state index in [0.717, 1.165) is 18.6 Å². The molecule has 0 aliphatic carbocycles. The Morgan fingerprint density at radius 3 is 2.59 bits per heavy atom. The fourth-order valence-electron chi connectivity index (χ4n) is 2.11. The van der Waals surface area contributed by atoms with Crippen molar-refractivity contribution in [3.63, 3.8) is 0 Å². The van der Waals surface area contributed by atoms with Crippen LogP contribution in [0.3, 0.4) is 0 Å². The fraction of sp³-hybridized carbons (Fsp3) is 0.500. The molecule has 0 N–H and O–H groups in total. The maximum absolute atomic E-state index is 13.2. The molecule has 3 atom stereocenters. The number of ether oxygens (including phenoxy) is 1. The lowest BCUT2D eigenvalue weighted by atomic mass is 9.93. The highest BCUT2D eigenvalue weighted by atomic mass is 35.5. The molecule has 0 bridgehead atoms. The molecule has 0 aromatic heterocycles. The van der Waals surface area contributed by atoms with Crippen molar-refractivity contribution >= 4 is 23.2 Å². The molecule has 17 heavy (non-hydrogen) atoms. The van der Waals surface area contributed by atoms with Crippen LogP contribution in [0.1, 0.15) is 24.3 Å². The summed E-state index contributed by atoms with van der Waals surface area (Å²) in [7, 11) is 0. The van der Waals surface area contributed by atoms with Gasteiger partial charge < -0.3 is 4.74 Å². The predicted molar refractivity (Wildman–Crippen MR) is 63.5 cm³/mol. The van der Waals surface area contributed by atoms with Crippen LogP contribution >= 0.6 is 23.2 Å². The minimum atomic E-state index is -0.960. The van der Waals surface area contributed by atoms with E-state index in [2.05, 4.69) is 0 Å². The van der Waals surface area contributed by atoms with Crippen molar-refractivity contribution in [2.24, 2.45) is 5.92 Å². The first kappa shape index (κ1) is 13.1. The fourth-order valence-corrected chi connectivity index (χ4v) is 2.95. The van der Waals surface area contributed by atoms with Gasteiger partial charge in [0.2, 0.25) is 0 Å². The summed E-state index contributed by atoms with van der Waals surface area (Å²) in [5.41, 5.74) is 0.426. The molecule has 1 aromatic carbocycles. The average Bonchev–Trinajstić information content (AvgIpc) is 2.69.